The number of alkyl halides is 3. The van der Waals surface area contributed by atoms with Gasteiger partial charge in [-0.05, 0) is 43.2 Å². The third kappa shape index (κ3) is 5.63. The maximum absolute atomic E-state index is 12.8. The van der Waals surface area contributed by atoms with Gasteiger partial charge in [-0.2, -0.15) is 18.3 Å². The van der Waals surface area contributed by atoms with E-state index in [2.05, 4.69) is 10.5 Å². The molecule has 132 valence electrons. The molecule has 4 nitrogen and oxygen atoms in total. The first-order valence-electron chi connectivity index (χ1n) is 7.45. The van der Waals surface area contributed by atoms with E-state index in [1.165, 1.54) is 18.2 Å². The minimum absolute atomic E-state index is 0.134. The standard InChI is InChI=1S/C18H17F3N2O2/c1-12-7-13(2)9-15(8-12)25-11-17(24)23-22-10-14-5-3-4-6-16(14)18(19,20)21/h3-10H,11H2,1-2H3,(H,23,24)/b22-10+. The second-order valence-electron chi connectivity index (χ2n) is 5.49. The van der Waals surface area contributed by atoms with Crippen molar-refractivity contribution in [2.75, 3.05) is 6.61 Å². The van der Waals surface area contributed by atoms with Gasteiger partial charge in [0.1, 0.15) is 5.75 Å². The number of benzene rings is 2. The van der Waals surface area contributed by atoms with Crippen LogP contribution in [0.1, 0.15) is 22.3 Å². The fraction of sp³-hybridized carbons (Fsp3) is 0.222. The molecular weight excluding hydrogens is 333 g/mol. The van der Waals surface area contributed by atoms with E-state index in [-0.39, 0.29) is 12.2 Å². The highest BCUT2D eigenvalue weighted by Gasteiger charge is 2.32. The van der Waals surface area contributed by atoms with Gasteiger partial charge in [-0.25, -0.2) is 5.43 Å². The van der Waals surface area contributed by atoms with Crippen molar-refractivity contribution in [3.05, 3.63) is 64.7 Å². The molecule has 0 aliphatic carbocycles. The number of hydrogen-bond acceptors (Lipinski definition) is 3. The first-order valence-corrected chi connectivity index (χ1v) is 7.45. The van der Waals surface area contributed by atoms with E-state index in [1.54, 1.807) is 12.1 Å². The Bertz CT molecular complexity index is 766. The quantitative estimate of drug-likeness (QED) is 0.658. The van der Waals surface area contributed by atoms with Crippen molar-refractivity contribution >= 4 is 12.1 Å². The van der Waals surface area contributed by atoms with E-state index in [4.69, 9.17) is 4.74 Å². The number of carbonyl (C=O) groups excluding carboxylic acids is 1. The lowest BCUT2D eigenvalue weighted by Crippen LogP contribution is -2.24. The largest absolute Gasteiger partial charge is 0.484 e. The molecule has 0 saturated heterocycles. The number of halogens is 3. The lowest BCUT2D eigenvalue weighted by Gasteiger charge is -2.09. The number of ether oxygens (including phenoxy) is 1. The molecule has 0 aliphatic heterocycles. The molecule has 25 heavy (non-hydrogen) atoms. The Morgan fingerprint density at radius 3 is 2.44 bits per heavy atom. The molecule has 1 amide bonds. The summed E-state index contributed by atoms with van der Waals surface area (Å²) in [6.45, 7) is 3.52. The van der Waals surface area contributed by atoms with E-state index < -0.39 is 17.6 Å². The van der Waals surface area contributed by atoms with Crippen molar-refractivity contribution in [3.8, 4) is 5.75 Å². The zero-order valence-electron chi connectivity index (χ0n) is 13.7. The number of nitrogens with zero attached hydrogens (tertiary/aromatic N) is 1. The van der Waals surface area contributed by atoms with Crippen molar-refractivity contribution in [3.63, 3.8) is 0 Å². The van der Waals surface area contributed by atoms with Crippen LogP contribution in [-0.2, 0) is 11.0 Å². The summed E-state index contributed by atoms with van der Waals surface area (Å²) >= 11 is 0. The first-order chi connectivity index (χ1) is 11.8. The van der Waals surface area contributed by atoms with Crippen LogP contribution in [0.2, 0.25) is 0 Å². The van der Waals surface area contributed by atoms with Gasteiger partial charge in [-0.3, -0.25) is 4.79 Å². The van der Waals surface area contributed by atoms with Crippen LogP contribution in [0, 0.1) is 13.8 Å². The SMILES string of the molecule is Cc1cc(C)cc(OCC(=O)N/N=C/c2ccccc2C(F)(F)F)c1. The molecule has 0 unspecified atom stereocenters. The monoisotopic (exact) mass is 350 g/mol. The Labute approximate surface area is 143 Å². The number of rotatable bonds is 5. The number of aryl methyl sites for hydroxylation is 2. The fourth-order valence-electron chi connectivity index (χ4n) is 2.24. The molecule has 2 aromatic rings. The summed E-state index contributed by atoms with van der Waals surface area (Å²) in [4.78, 5) is 11.7. The van der Waals surface area contributed by atoms with Crippen LogP contribution < -0.4 is 10.2 Å². The van der Waals surface area contributed by atoms with Gasteiger partial charge < -0.3 is 4.74 Å². The molecule has 0 heterocycles. The number of carbonyl (C=O) groups is 1. The summed E-state index contributed by atoms with van der Waals surface area (Å²) in [5.41, 5.74) is 3.19. The average Bonchev–Trinajstić information content (AvgIpc) is 2.51. The van der Waals surface area contributed by atoms with Crippen LogP contribution in [0.15, 0.2) is 47.6 Å². The Balaban J connectivity index is 1.93. The molecule has 2 rings (SSSR count). The fourth-order valence-corrected chi connectivity index (χ4v) is 2.24. The molecule has 0 radical (unpaired) electrons. The van der Waals surface area contributed by atoms with Gasteiger partial charge in [0, 0.05) is 5.56 Å². The number of hydrogen-bond donors (Lipinski definition) is 1. The van der Waals surface area contributed by atoms with E-state index in [9.17, 15) is 18.0 Å². The van der Waals surface area contributed by atoms with Gasteiger partial charge in [0.25, 0.3) is 5.91 Å². The predicted molar refractivity (Wildman–Crippen MR) is 88.6 cm³/mol. The molecule has 0 bridgehead atoms. The number of hydrazone groups is 1. The minimum Gasteiger partial charge on any atom is -0.484 e. The summed E-state index contributed by atoms with van der Waals surface area (Å²) in [6.07, 6.45) is -3.53. The van der Waals surface area contributed by atoms with Gasteiger partial charge in [-0.15, -0.1) is 0 Å². The number of nitrogens with one attached hydrogen (secondary N) is 1. The Morgan fingerprint density at radius 2 is 1.80 bits per heavy atom. The van der Waals surface area contributed by atoms with Crippen LogP contribution >= 0.6 is 0 Å². The van der Waals surface area contributed by atoms with Gasteiger partial charge in [0.05, 0.1) is 11.8 Å². The van der Waals surface area contributed by atoms with Crippen molar-refractivity contribution in [1.29, 1.82) is 0 Å². The second kappa shape index (κ2) is 7.83. The third-order valence-electron chi connectivity index (χ3n) is 3.22. The van der Waals surface area contributed by atoms with Crippen molar-refractivity contribution in [1.82, 2.24) is 5.43 Å². The summed E-state index contributed by atoms with van der Waals surface area (Å²) in [7, 11) is 0. The molecule has 0 aromatic heterocycles. The molecule has 0 fully saturated rings. The lowest BCUT2D eigenvalue weighted by atomic mass is 10.1. The van der Waals surface area contributed by atoms with Crippen LogP contribution in [0.3, 0.4) is 0 Å². The molecule has 0 atom stereocenters. The summed E-state index contributed by atoms with van der Waals surface area (Å²) in [5, 5.41) is 3.56. The maximum Gasteiger partial charge on any atom is 0.417 e. The van der Waals surface area contributed by atoms with Gasteiger partial charge >= 0.3 is 6.18 Å². The van der Waals surface area contributed by atoms with Gasteiger partial charge in [0.2, 0.25) is 0 Å². The molecule has 1 N–H and O–H groups in total. The molecule has 0 spiro atoms. The highest BCUT2D eigenvalue weighted by molar-refractivity contribution is 5.84. The second-order valence-corrected chi connectivity index (χ2v) is 5.49. The normalized spacial score (nSPS) is 11.6. The van der Waals surface area contributed by atoms with Crippen molar-refractivity contribution in [2.24, 2.45) is 5.10 Å². The average molecular weight is 350 g/mol. The molecule has 7 heteroatoms. The molecule has 2 aromatic carbocycles. The number of amides is 1. The van der Waals surface area contributed by atoms with Gasteiger partial charge in [0.15, 0.2) is 6.61 Å². The lowest BCUT2D eigenvalue weighted by molar-refractivity contribution is -0.137. The summed E-state index contributed by atoms with van der Waals surface area (Å²) in [6, 6.07) is 10.5. The summed E-state index contributed by atoms with van der Waals surface area (Å²) < 4.78 is 43.9. The predicted octanol–water partition coefficient (Wildman–Crippen LogP) is 3.85. The maximum atomic E-state index is 12.8. The molecule has 0 aliphatic rings. The van der Waals surface area contributed by atoms with Crippen molar-refractivity contribution < 1.29 is 22.7 Å². The van der Waals surface area contributed by atoms with Gasteiger partial charge in [-0.1, -0.05) is 24.3 Å². The first kappa shape index (κ1) is 18.5. The Kier molecular flexibility index (Phi) is 5.80. The van der Waals surface area contributed by atoms with Crippen LogP contribution in [-0.4, -0.2) is 18.7 Å². The van der Waals surface area contributed by atoms with Crippen molar-refractivity contribution in [2.45, 2.75) is 20.0 Å². The van der Waals surface area contributed by atoms with Crippen LogP contribution in [0.4, 0.5) is 13.2 Å². The zero-order chi connectivity index (χ0) is 18.4. The van der Waals surface area contributed by atoms with Crippen LogP contribution in [0.5, 0.6) is 5.75 Å². The zero-order valence-corrected chi connectivity index (χ0v) is 13.7. The topological polar surface area (TPSA) is 50.7 Å². The summed E-state index contributed by atoms with van der Waals surface area (Å²) in [5.74, 6) is -0.0288. The Hall–Kier alpha value is -2.83. The minimum atomic E-state index is -4.49. The highest BCUT2D eigenvalue weighted by Crippen LogP contribution is 2.31. The van der Waals surface area contributed by atoms with E-state index in [0.717, 1.165) is 23.4 Å². The van der Waals surface area contributed by atoms with E-state index >= 15 is 0 Å². The third-order valence-corrected chi connectivity index (χ3v) is 3.22. The molecule has 0 saturated carbocycles. The smallest absolute Gasteiger partial charge is 0.417 e. The Morgan fingerprint density at radius 1 is 1.16 bits per heavy atom. The van der Waals surface area contributed by atoms with Crippen LogP contribution in [0.25, 0.3) is 0 Å². The van der Waals surface area contributed by atoms with E-state index in [1.807, 2.05) is 19.9 Å². The molecular formula is C18H17F3N2O2. The van der Waals surface area contributed by atoms with E-state index in [0.29, 0.717) is 5.75 Å². The highest BCUT2D eigenvalue weighted by atomic mass is 19.4.